The molecule has 2 aliphatic rings. The molecule has 2 aromatic rings. The molecule has 0 aliphatic heterocycles. The van der Waals surface area contributed by atoms with Crippen molar-refractivity contribution in [1.82, 2.24) is 9.55 Å². The summed E-state index contributed by atoms with van der Waals surface area (Å²) in [5, 5.41) is 9.93. The lowest BCUT2D eigenvalue weighted by molar-refractivity contribution is 0.151. The van der Waals surface area contributed by atoms with Crippen molar-refractivity contribution in [3.05, 3.63) is 30.1 Å². The van der Waals surface area contributed by atoms with Gasteiger partial charge in [-0.2, -0.15) is 0 Å². The second kappa shape index (κ2) is 3.10. The summed E-state index contributed by atoms with van der Waals surface area (Å²) in [4.78, 5) is 4.47. The molecule has 1 aromatic carbocycles. The number of fused-ring (bicyclic) bond motifs is 1. The molecule has 0 radical (unpaired) electrons. The van der Waals surface area contributed by atoms with Gasteiger partial charge in [0.05, 0.1) is 23.0 Å². The molecule has 2 aliphatic carbocycles. The summed E-state index contributed by atoms with van der Waals surface area (Å²) in [5.41, 5.74) is 3.10. The van der Waals surface area contributed by atoms with E-state index >= 15 is 0 Å². The van der Waals surface area contributed by atoms with E-state index < -0.39 is 5.60 Å². The number of nitrogens with zero attached hydrogens (tertiary/aromatic N) is 2. The molecule has 1 aromatic heterocycles. The molecule has 0 saturated heterocycles. The fraction of sp³-hybridized carbons (Fsp3) is 0.500. The monoisotopic (exact) mass is 228 g/mol. The van der Waals surface area contributed by atoms with E-state index in [9.17, 15) is 5.11 Å². The highest BCUT2D eigenvalue weighted by atomic mass is 16.3. The van der Waals surface area contributed by atoms with Crippen molar-refractivity contribution in [2.24, 2.45) is 0 Å². The molecule has 2 saturated carbocycles. The van der Waals surface area contributed by atoms with Crippen LogP contribution in [0.4, 0.5) is 0 Å². The molecular formula is C14H16N2O. The van der Waals surface area contributed by atoms with Crippen molar-refractivity contribution >= 4 is 11.0 Å². The highest BCUT2D eigenvalue weighted by molar-refractivity contribution is 5.76. The minimum absolute atomic E-state index is 0.410. The number of rotatable bonds is 3. The second-order valence-corrected chi connectivity index (χ2v) is 5.61. The van der Waals surface area contributed by atoms with Gasteiger partial charge in [0, 0.05) is 12.5 Å². The molecule has 1 heterocycles. The number of hydrogen-bond acceptors (Lipinski definition) is 2. The first-order valence-electron chi connectivity index (χ1n) is 6.41. The average molecular weight is 228 g/mol. The first kappa shape index (κ1) is 9.66. The zero-order chi connectivity index (χ0) is 11.5. The Balaban J connectivity index is 1.72. The van der Waals surface area contributed by atoms with Gasteiger partial charge in [-0.1, -0.05) is 6.07 Å². The van der Waals surface area contributed by atoms with Crippen LogP contribution in [0.5, 0.6) is 0 Å². The molecule has 17 heavy (non-hydrogen) atoms. The van der Waals surface area contributed by atoms with E-state index in [0.717, 1.165) is 24.8 Å². The lowest BCUT2D eigenvalue weighted by atomic mass is 10.1. The Labute approximate surface area is 100 Å². The van der Waals surface area contributed by atoms with Crippen LogP contribution in [0.2, 0.25) is 0 Å². The minimum Gasteiger partial charge on any atom is -0.390 e. The van der Waals surface area contributed by atoms with Gasteiger partial charge in [-0.05, 0) is 43.4 Å². The summed E-state index contributed by atoms with van der Waals surface area (Å²) < 4.78 is 2.28. The fourth-order valence-electron chi connectivity index (χ4n) is 2.53. The van der Waals surface area contributed by atoms with Crippen LogP contribution in [0.15, 0.2) is 24.5 Å². The van der Waals surface area contributed by atoms with Crippen molar-refractivity contribution in [2.45, 2.75) is 43.7 Å². The van der Waals surface area contributed by atoms with Crippen LogP contribution in [-0.2, 0) is 6.42 Å². The molecule has 3 nitrogen and oxygen atoms in total. The number of aliphatic hydroxyl groups is 1. The van der Waals surface area contributed by atoms with Gasteiger partial charge < -0.3 is 9.67 Å². The van der Waals surface area contributed by atoms with Crippen molar-refractivity contribution in [1.29, 1.82) is 0 Å². The number of benzene rings is 1. The highest BCUT2D eigenvalue weighted by Crippen LogP contribution is 2.39. The van der Waals surface area contributed by atoms with Crippen molar-refractivity contribution in [3.63, 3.8) is 0 Å². The van der Waals surface area contributed by atoms with Crippen molar-refractivity contribution < 1.29 is 5.11 Å². The molecular weight excluding hydrogens is 212 g/mol. The zero-order valence-electron chi connectivity index (χ0n) is 9.76. The van der Waals surface area contributed by atoms with E-state index in [-0.39, 0.29) is 0 Å². The Hall–Kier alpha value is -1.35. The summed E-state index contributed by atoms with van der Waals surface area (Å²) in [5.74, 6) is 0. The maximum Gasteiger partial charge on any atom is 0.0960 e. The molecule has 4 rings (SSSR count). The van der Waals surface area contributed by atoms with Gasteiger partial charge in [-0.25, -0.2) is 4.98 Å². The summed E-state index contributed by atoms with van der Waals surface area (Å²) in [6.07, 6.45) is 7.19. The van der Waals surface area contributed by atoms with Gasteiger partial charge >= 0.3 is 0 Å². The maximum absolute atomic E-state index is 9.93. The molecule has 3 heteroatoms. The van der Waals surface area contributed by atoms with Crippen LogP contribution in [-0.4, -0.2) is 20.3 Å². The lowest BCUT2D eigenvalue weighted by Gasteiger charge is -2.07. The minimum atomic E-state index is -0.410. The Morgan fingerprint density at radius 3 is 2.88 bits per heavy atom. The summed E-state index contributed by atoms with van der Waals surface area (Å²) >= 11 is 0. The topological polar surface area (TPSA) is 38.1 Å². The normalized spacial score (nSPS) is 21.9. The number of imidazole rings is 1. The van der Waals surface area contributed by atoms with Gasteiger partial charge in [0.2, 0.25) is 0 Å². The average Bonchev–Trinajstić information content (AvgIpc) is 3.22. The predicted molar refractivity (Wildman–Crippen MR) is 65.9 cm³/mol. The predicted octanol–water partition coefficient (Wildman–Crippen LogP) is 2.44. The Kier molecular flexibility index (Phi) is 1.76. The Morgan fingerprint density at radius 1 is 1.35 bits per heavy atom. The fourth-order valence-corrected chi connectivity index (χ4v) is 2.53. The van der Waals surface area contributed by atoms with E-state index in [2.05, 4.69) is 27.8 Å². The SMILES string of the molecule is OC1(Cc2ccc3c(c2)ncn3C2CC2)CC1. The van der Waals surface area contributed by atoms with Crippen molar-refractivity contribution in [2.75, 3.05) is 0 Å². The van der Waals surface area contributed by atoms with E-state index in [1.165, 1.54) is 23.9 Å². The van der Waals surface area contributed by atoms with E-state index in [1.807, 2.05) is 6.33 Å². The molecule has 0 bridgehead atoms. The molecule has 88 valence electrons. The molecule has 0 atom stereocenters. The number of hydrogen-bond donors (Lipinski definition) is 1. The van der Waals surface area contributed by atoms with E-state index in [0.29, 0.717) is 6.04 Å². The van der Waals surface area contributed by atoms with Gasteiger partial charge in [-0.3, -0.25) is 0 Å². The standard InChI is InChI=1S/C14H16N2O/c17-14(5-6-14)8-10-1-4-13-12(7-10)15-9-16(13)11-2-3-11/h1,4,7,9,11,17H,2-3,5-6,8H2. The van der Waals surface area contributed by atoms with Crippen LogP contribution >= 0.6 is 0 Å². The summed E-state index contributed by atoms with van der Waals surface area (Å²) in [7, 11) is 0. The second-order valence-electron chi connectivity index (χ2n) is 5.61. The first-order valence-corrected chi connectivity index (χ1v) is 6.41. The highest BCUT2D eigenvalue weighted by Gasteiger charge is 2.40. The Morgan fingerprint density at radius 2 is 2.18 bits per heavy atom. The molecule has 1 N–H and O–H groups in total. The molecule has 2 fully saturated rings. The van der Waals surface area contributed by atoms with Crippen LogP contribution in [0.3, 0.4) is 0 Å². The van der Waals surface area contributed by atoms with Gasteiger partial charge in [-0.15, -0.1) is 0 Å². The largest absolute Gasteiger partial charge is 0.390 e. The van der Waals surface area contributed by atoms with Crippen LogP contribution < -0.4 is 0 Å². The van der Waals surface area contributed by atoms with Gasteiger partial charge in [0.25, 0.3) is 0 Å². The van der Waals surface area contributed by atoms with Gasteiger partial charge in [0.1, 0.15) is 0 Å². The van der Waals surface area contributed by atoms with Crippen molar-refractivity contribution in [3.8, 4) is 0 Å². The third-order valence-electron chi connectivity index (χ3n) is 3.94. The van der Waals surface area contributed by atoms with Crippen LogP contribution in [0.1, 0.15) is 37.3 Å². The van der Waals surface area contributed by atoms with E-state index in [1.54, 1.807) is 0 Å². The third kappa shape index (κ3) is 1.65. The summed E-state index contributed by atoms with van der Waals surface area (Å²) in [6, 6.07) is 7.10. The zero-order valence-corrected chi connectivity index (χ0v) is 9.76. The van der Waals surface area contributed by atoms with E-state index in [4.69, 9.17) is 0 Å². The summed E-state index contributed by atoms with van der Waals surface area (Å²) in [6.45, 7) is 0. The number of aromatic nitrogens is 2. The molecule has 0 spiro atoms. The van der Waals surface area contributed by atoms with Crippen LogP contribution in [0, 0.1) is 0 Å². The maximum atomic E-state index is 9.93. The van der Waals surface area contributed by atoms with Gasteiger partial charge in [0.15, 0.2) is 0 Å². The first-order chi connectivity index (χ1) is 8.23. The molecule has 0 unspecified atom stereocenters. The quantitative estimate of drug-likeness (QED) is 0.876. The third-order valence-corrected chi connectivity index (χ3v) is 3.94. The Bertz CT molecular complexity index is 579. The van der Waals surface area contributed by atoms with Crippen LogP contribution in [0.25, 0.3) is 11.0 Å². The molecule has 0 amide bonds. The smallest absolute Gasteiger partial charge is 0.0960 e. The lowest BCUT2D eigenvalue weighted by Crippen LogP contribution is -2.10.